The molecule has 0 saturated heterocycles. The van der Waals surface area contributed by atoms with Gasteiger partial charge in [-0.1, -0.05) is 0 Å². The molecule has 0 aromatic heterocycles. The molecule has 0 fully saturated rings. The fourth-order valence-electron chi connectivity index (χ4n) is 1.35. The van der Waals surface area contributed by atoms with Crippen molar-refractivity contribution in [3.63, 3.8) is 0 Å². The van der Waals surface area contributed by atoms with E-state index in [1.54, 1.807) is 0 Å². The van der Waals surface area contributed by atoms with Crippen LogP contribution in [0.1, 0.15) is 18.0 Å². The van der Waals surface area contributed by atoms with E-state index < -0.39 is 40.6 Å². The molecule has 1 aromatic rings. The van der Waals surface area contributed by atoms with E-state index in [1.807, 2.05) is 0 Å². The average molecular weight is 289 g/mol. The van der Waals surface area contributed by atoms with Gasteiger partial charge < -0.3 is 5.73 Å². The maximum atomic E-state index is 12.8. The van der Waals surface area contributed by atoms with Crippen LogP contribution in [0.2, 0.25) is 0 Å². The Morgan fingerprint density at radius 2 is 1.94 bits per heavy atom. The Labute approximate surface area is 105 Å². The summed E-state index contributed by atoms with van der Waals surface area (Å²) in [5.74, 6) is -0.872. The van der Waals surface area contributed by atoms with E-state index in [9.17, 15) is 27.7 Å². The van der Waals surface area contributed by atoms with Crippen LogP contribution in [-0.2, 0) is 0 Å². The molecular weight excluding hydrogens is 280 g/mol. The van der Waals surface area contributed by atoms with Crippen LogP contribution >= 0.6 is 12.4 Å². The van der Waals surface area contributed by atoms with Crippen molar-refractivity contribution >= 4 is 18.1 Å². The largest absolute Gasteiger partial charge is 0.390 e. The summed E-state index contributed by atoms with van der Waals surface area (Å²) in [7, 11) is 0. The minimum atomic E-state index is -4.57. The minimum Gasteiger partial charge on any atom is -0.323 e. The molecule has 1 atom stereocenters. The van der Waals surface area contributed by atoms with Crippen molar-refractivity contribution in [1.29, 1.82) is 0 Å². The Hall–Kier alpha value is -1.41. The Morgan fingerprint density at radius 1 is 1.39 bits per heavy atom. The molecule has 4 nitrogen and oxygen atoms in total. The van der Waals surface area contributed by atoms with Crippen molar-refractivity contribution in [3.05, 3.63) is 39.7 Å². The summed E-state index contributed by atoms with van der Waals surface area (Å²) in [5, 5.41) is 10.5. The summed E-state index contributed by atoms with van der Waals surface area (Å²) >= 11 is 0. The van der Waals surface area contributed by atoms with Gasteiger partial charge in [0.05, 0.1) is 11.3 Å². The number of hydrogen-bond donors (Lipinski definition) is 1. The van der Waals surface area contributed by atoms with Crippen molar-refractivity contribution in [1.82, 2.24) is 0 Å². The molecule has 1 aromatic carbocycles. The third-order valence-corrected chi connectivity index (χ3v) is 2.04. The summed E-state index contributed by atoms with van der Waals surface area (Å²) in [6.07, 6.45) is -6.02. The SMILES string of the molecule is Cl.N[C@@H](CC(F)(F)F)c1cc(F)ccc1[N+](=O)[O-]. The molecule has 18 heavy (non-hydrogen) atoms. The van der Waals surface area contributed by atoms with Crippen LogP contribution in [0, 0.1) is 15.9 Å². The number of nitro benzene ring substituents is 1. The molecule has 0 aliphatic heterocycles. The summed E-state index contributed by atoms with van der Waals surface area (Å²) in [5.41, 5.74) is 4.11. The Morgan fingerprint density at radius 3 is 2.39 bits per heavy atom. The molecule has 0 saturated carbocycles. The summed E-state index contributed by atoms with van der Waals surface area (Å²) in [4.78, 5) is 9.65. The molecule has 0 aliphatic carbocycles. The van der Waals surface area contributed by atoms with Gasteiger partial charge in [-0.05, 0) is 12.1 Å². The highest BCUT2D eigenvalue weighted by molar-refractivity contribution is 5.85. The molecule has 0 heterocycles. The van der Waals surface area contributed by atoms with Crippen LogP contribution in [-0.4, -0.2) is 11.1 Å². The maximum absolute atomic E-state index is 12.8. The number of nitro groups is 1. The van der Waals surface area contributed by atoms with Crippen LogP contribution in [0.15, 0.2) is 18.2 Å². The first kappa shape index (κ1) is 16.6. The fraction of sp³-hybridized carbons (Fsp3) is 0.333. The number of benzene rings is 1. The highest BCUT2D eigenvalue weighted by atomic mass is 35.5. The van der Waals surface area contributed by atoms with Gasteiger partial charge >= 0.3 is 6.18 Å². The zero-order valence-electron chi connectivity index (χ0n) is 8.78. The van der Waals surface area contributed by atoms with Crippen LogP contribution in [0.25, 0.3) is 0 Å². The lowest BCUT2D eigenvalue weighted by molar-refractivity contribution is -0.385. The number of nitrogens with two attached hydrogens (primary N) is 1. The smallest absolute Gasteiger partial charge is 0.323 e. The van der Waals surface area contributed by atoms with Crippen molar-refractivity contribution in [2.24, 2.45) is 5.73 Å². The molecule has 0 bridgehead atoms. The molecule has 102 valence electrons. The number of hydrogen-bond acceptors (Lipinski definition) is 3. The fourth-order valence-corrected chi connectivity index (χ4v) is 1.35. The Bertz CT molecular complexity index is 439. The lowest BCUT2D eigenvalue weighted by atomic mass is 10.0. The quantitative estimate of drug-likeness (QED) is 0.528. The van der Waals surface area contributed by atoms with Crippen LogP contribution < -0.4 is 5.73 Å². The van der Waals surface area contributed by atoms with Crippen molar-refractivity contribution in [2.75, 3.05) is 0 Å². The normalized spacial score (nSPS) is 12.7. The van der Waals surface area contributed by atoms with Crippen LogP contribution in [0.5, 0.6) is 0 Å². The topological polar surface area (TPSA) is 69.2 Å². The van der Waals surface area contributed by atoms with Gasteiger partial charge in [0, 0.05) is 17.7 Å². The maximum Gasteiger partial charge on any atom is 0.390 e. The second-order valence-corrected chi connectivity index (χ2v) is 3.39. The molecule has 2 N–H and O–H groups in total. The summed E-state index contributed by atoms with van der Waals surface area (Å²) in [6.45, 7) is 0. The van der Waals surface area contributed by atoms with Gasteiger partial charge in [0.1, 0.15) is 5.82 Å². The Kier molecular flexibility index (Phi) is 5.50. The van der Waals surface area contributed by atoms with Gasteiger partial charge in [-0.25, -0.2) is 4.39 Å². The van der Waals surface area contributed by atoms with E-state index in [-0.39, 0.29) is 12.4 Å². The van der Waals surface area contributed by atoms with Gasteiger partial charge in [-0.15, -0.1) is 12.4 Å². The first-order valence-corrected chi connectivity index (χ1v) is 4.47. The second-order valence-electron chi connectivity index (χ2n) is 3.39. The van der Waals surface area contributed by atoms with Crippen molar-refractivity contribution in [2.45, 2.75) is 18.6 Å². The molecule has 1 rings (SSSR count). The number of nitrogens with zero attached hydrogens (tertiary/aromatic N) is 1. The molecule has 0 radical (unpaired) electrons. The zero-order valence-corrected chi connectivity index (χ0v) is 9.59. The van der Waals surface area contributed by atoms with Gasteiger partial charge in [0.25, 0.3) is 5.69 Å². The third-order valence-electron chi connectivity index (χ3n) is 2.04. The molecule has 0 unspecified atom stereocenters. The highest BCUT2D eigenvalue weighted by Gasteiger charge is 2.33. The van der Waals surface area contributed by atoms with Gasteiger partial charge in [0.2, 0.25) is 0 Å². The van der Waals surface area contributed by atoms with Gasteiger partial charge in [0.15, 0.2) is 0 Å². The van der Waals surface area contributed by atoms with Gasteiger partial charge in [-0.3, -0.25) is 10.1 Å². The lowest BCUT2D eigenvalue weighted by Crippen LogP contribution is -2.21. The van der Waals surface area contributed by atoms with Crippen molar-refractivity contribution < 1.29 is 22.5 Å². The molecule has 9 heteroatoms. The predicted molar refractivity (Wildman–Crippen MR) is 57.9 cm³/mol. The highest BCUT2D eigenvalue weighted by Crippen LogP contribution is 2.32. The van der Waals surface area contributed by atoms with E-state index in [2.05, 4.69) is 0 Å². The van der Waals surface area contributed by atoms with E-state index in [1.165, 1.54) is 0 Å². The average Bonchev–Trinajstić information content (AvgIpc) is 2.14. The van der Waals surface area contributed by atoms with Crippen molar-refractivity contribution in [3.8, 4) is 0 Å². The van der Waals surface area contributed by atoms with Crippen LogP contribution in [0.3, 0.4) is 0 Å². The summed E-state index contributed by atoms with van der Waals surface area (Å²) in [6, 6.07) is 0.572. The first-order valence-electron chi connectivity index (χ1n) is 4.47. The molecule has 0 amide bonds. The third kappa shape index (κ3) is 4.46. The molecule has 0 aliphatic rings. The van der Waals surface area contributed by atoms with Gasteiger partial charge in [-0.2, -0.15) is 13.2 Å². The number of rotatable bonds is 3. The Balaban J connectivity index is 0.00000289. The molecule has 0 spiro atoms. The standard InChI is InChI=1S/C9H8F4N2O2.ClH/c10-5-1-2-8(15(16)17)6(3-5)7(14)4-9(11,12)13;/h1-3,7H,4,14H2;1H/t7-;/m0./s1. The minimum absolute atomic E-state index is 0. The number of halogens is 5. The predicted octanol–water partition coefficient (Wildman–Crippen LogP) is 3.11. The zero-order chi connectivity index (χ0) is 13.2. The van der Waals surface area contributed by atoms with E-state index in [4.69, 9.17) is 5.73 Å². The first-order chi connectivity index (χ1) is 7.70. The van der Waals surface area contributed by atoms with E-state index in [0.717, 1.165) is 12.1 Å². The number of alkyl halides is 3. The van der Waals surface area contributed by atoms with E-state index >= 15 is 0 Å². The second kappa shape index (κ2) is 5.96. The van der Waals surface area contributed by atoms with Crippen LogP contribution in [0.4, 0.5) is 23.2 Å². The van der Waals surface area contributed by atoms with E-state index in [0.29, 0.717) is 6.07 Å². The molecular formula is C9H9ClF4N2O2. The lowest BCUT2D eigenvalue weighted by Gasteiger charge is -2.14. The monoisotopic (exact) mass is 288 g/mol. The summed E-state index contributed by atoms with van der Waals surface area (Å²) < 4.78 is 49.1.